The highest BCUT2D eigenvalue weighted by molar-refractivity contribution is 5.84. The van der Waals surface area contributed by atoms with Crippen LogP contribution in [-0.2, 0) is 11.2 Å². The van der Waals surface area contributed by atoms with Gasteiger partial charge in [0.15, 0.2) is 0 Å². The molecule has 1 fully saturated rings. The Bertz CT molecular complexity index is 455. The highest BCUT2D eigenvalue weighted by atomic mass is 16.2. The predicted molar refractivity (Wildman–Crippen MR) is 81.4 cm³/mol. The number of nitrogens with zero attached hydrogens (tertiary/aromatic N) is 2. The van der Waals surface area contributed by atoms with E-state index in [9.17, 15) is 4.79 Å². The lowest BCUT2D eigenvalue weighted by molar-refractivity contribution is -0.130. The number of carbonyl (C=O) groups excluding carboxylic acids is 1. The average Bonchev–Trinajstić information content (AvgIpc) is 2.72. The maximum Gasteiger partial charge on any atom is 0.241 e. The van der Waals surface area contributed by atoms with Crippen LogP contribution >= 0.6 is 0 Å². The third kappa shape index (κ3) is 3.19. The number of amides is 1. The minimum atomic E-state index is -0.104. The van der Waals surface area contributed by atoms with E-state index in [2.05, 4.69) is 41.4 Å². The van der Waals surface area contributed by atoms with E-state index in [4.69, 9.17) is 0 Å². The van der Waals surface area contributed by atoms with Crippen molar-refractivity contribution < 1.29 is 4.79 Å². The van der Waals surface area contributed by atoms with Gasteiger partial charge in [0, 0.05) is 13.1 Å². The quantitative estimate of drug-likeness (QED) is 0.887. The van der Waals surface area contributed by atoms with Crippen LogP contribution in [0.15, 0.2) is 24.3 Å². The summed E-state index contributed by atoms with van der Waals surface area (Å²) in [6.07, 6.45) is 1.04. The molecule has 0 saturated carbocycles. The monoisotopic (exact) mass is 275 g/mol. The van der Waals surface area contributed by atoms with Crippen LogP contribution in [0.1, 0.15) is 31.1 Å². The Kier molecular flexibility index (Phi) is 4.78. The van der Waals surface area contributed by atoms with Gasteiger partial charge >= 0.3 is 0 Å². The van der Waals surface area contributed by atoms with Gasteiger partial charge in [0.1, 0.15) is 6.17 Å². The van der Waals surface area contributed by atoms with Crippen LogP contribution in [0.5, 0.6) is 0 Å². The Morgan fingerprint density at radius 1 is 1.25 bits per heavy atom. The van der Waals surface area contributed by atoms with E-state index in [-0.39, 0.29) is 18.1 Å². The van der Waals surface area contributed by atoms with Crippen LogP contribution in [0.2, 0.25) is 0 Å². The molecule has 0 radical (unpaired) electrons. The van der Waals surface area contributed by atoms with Gasteiger partial charge in [-0.25, -0.2) is 0 Å². The summed E-state index contributed by atoms with van der Waals surface area (Å²) < 4.78 is 0. The Morgan fingerprint density at radius 3 is 2.45 bits per heavy atom. The molecule has 2 unspecified atom stereocenters. The second-order valence-electron chi connectivity index (χ2n) is 5.72. The summed E-state index contributed by atoms with van der Waals surface area (Å²) in [5.41, 5.74) is 2.49. The maximum atomic E-state index is 12.3. The van der Waals surface area contributed by atoms with Gasteiger partial charge in [0.2, 0.25) is 5.91 Å². The first-order valence-corrected chi connectivity index (χ1v) is 7.33. The molecule has 1 N–H and O–H groups in total. The van der Waals surface area contributed by atoms with Crippen molar-refractivity contribution in [2.75, 3.05) is 27.2 Å². The molecule has 2 atom stereocenters. The number of hydrogen-bond donors (Lipinski definition) is 1. The summed E-state index contributed by atoms with van der Waals surface area (Å²) >= 11 is 0. The number of benzene rings is 1. The first kappa shape index (κ1) is 15.0. The Balaban J connectivity index is 2.16. The zero-order valence-electron chi connectivity index (χ0n) is 12.9. The molecule has 0 bridgehead atoms. The van der Waals surface area contributed by atoms with E-state index >= 15 is 0 Å². The van der Waals surface area contributed by atoms with E-state index in [0.29, 0.717) is 0 Å². The van der Waals surface area contributed by atoms with Gasteiger partial charge in [0.05, 0.1) is 6.04 Å². The van der Waals surface area contributed by atoms with Crippen molar-refractivity contribution >= 4 is 5.91 Å². The van der Waals surface area contributed by atoms with E-state index in [1.807, 2.05) is 25.9 Å². The summed E-state index contributed by atoms with van der Waals surface area (Å²) in [6.45, 7) is 5.72. The normalized spacial score (nSPS) is 22.9. The van der Waals surface area contributed by atoms with Crippen LogP contribution in [-0.4, -0.2) is 48.9 Å². The fourth-order valence-electron chi connectivity index (χ4n) is 2.53. The van der Waals surface area contributed by atoms with Crippen molar-refractivity contribution in [3.05, 3.63) is 35.4 Å². The van der Waals surface area contributed by atoms with E-state index in [1.165, 1.54) is 11.1 Å². The SMILES string of the molecule is CCc1ccc(C2NC(C)C(=O)N2CCN(C)C)cc1. The molecule has 1 aliphatic rings. The van der Waals surface area contributed by atoms with Crippen LogP contribution in [0, 0.1) is 0 Å². The number of hydrogen-bond acceptors (Lipinski definition) is 3. The molecular formula is C16H25N3O. The lowest BCUT2D eigenvalue weighted by atomic mass is 10.1. The average molecular weight is 275 g/mol. The van der Waals surface area contributed by atoms with Gasteiger partial charge in [0.25, 0.3) is 0 Å². The third-order valence-electron chi connectivity index (χ3n) is 3.86. The molecule has 4 nitrogen and oxygen atoms in total. The third-order valence-corrected chi connectivity index (χ3v) is 3.86. The molecule has 1 aromatic carbocycles. The minimum absolute atomic E-state index is 0.00311. The standard InChI is InChI=1S/C16H25N3O/c1-5-13-6-8-14(9-7-13)15-17-12(2)16(20)19(15)11-10-18(3)4/h6-9,12,15,17H,5,10-11H2,1-4H3. The lowest BCUT2D eigenvalue weighted by Gasteiger charge is -2.26. The van der Waals surface area contributed by atoms with Crippen molar-refractivity contribution in [3.8, 4) is 0 Å². The highest BCUT2D eigenvalue weighted by Crippen LogP contribution is 2.25. The number of nitrogens with one attached hydrogen (secondary N) is 1. The molecule has 1 heterocycles. The largest absolute Gasteiger partial charge is 0.320 e. The molecule has 1 amide bonds. The Morgan fingerprint density at radius 2 is 1.90 bits per heavy atom. The van der Waals surface area contributed by atoms with Crippen molar-refractivity contribution in [2.24, 2.45) is 0 Å². The summed E-state index contributed by atoms with van der Waals surface area (Å²) in [5.74, 6) is 0.191. The van der Waals surface area contributed by atoms with Crippen molar-refractivity contribution in [1.82, 2.24) is 15.1 Å². The number of rotatable bonds is 5. The molecule has 110 valence electrons. The number of aryl methyl sites for hydroxylation is 1. The molecule has 4 heteroatoms. The molecule has 0 aromatic heterocycles. The van der Waals surface area contributed by atoms with Crippen molar-refractivity contribution in [2.45, 2.75) is 32.5 Å². The zero-order chi connectivity index (χ0) is 14.7. The second-order valence-corrected chi connectivity index (χ2v) is 5.72. The molecule has 1 aromatic rings. The molecule has 20 heavy (non-hydrogen) atoms. The van der Waals surface area contributed by atoms with Gasteiger partial charge in [-0.3, -0.25) is 10.1 Å². The molecule has 0 spiro atoms. The fourth-order valence-corrected chi connectivity index (χ4v) is 2.53. The molecule has 1 aliphatic heterocycles. The fraction of sp³-hybridized carbons (Fsp3) is 0.562. The first-order chi connectivity index (χ1) is 9.52. The van der Waals surface area contributed by atoms with E-state index < -0.39 is 0 Å². The van der Waals surface area contributed by atoms with Gasteiger partial charge in [-0.2, -0.15) is 0 Å². The summed E-state index contributed by atoms with van der Waals surface area (Å²) in [6, 6.07) is 8.45. The smallest absolute Gasteiger partial charge is 0.241 e. The Hall–Kier alpha value is -1.39. The summed E-state index contributed by atoms with van der Waals surface area (Å²) in [7, 11) is 4.06. The second kappa shape index (κ2) is 6.37. The van der Waals surface area contributed by atoms with Crippen LogP contribution in [0.4, 0.5) is 0 Å². The zero-order valence-corrected chi connectivity index (χ0v) is 12.9. The molecular weight excluding hydrogens is 250 g/mol. The topological polar surface area (TPSA) is 35.6 Å². The molecule has 1 saturated heterocycles. The van der Waals surface area contributed by atoms with Crippen LogP contribution in [0.25, 0.3) is 0 Å². The molecule has 2 rings (SSSR count). The van der Waals surface area contributed by atoms with Gasteiger partial charge < -0.3 is 9.80 Å². The first-order valence-electron chi connectivity index (χ1n) is 7.33. The van der Waals surface area contributed by atoms with Crippen LogP contribution in [0.3, 0.4) is 0 Å². The predicted octanol–water partition coefficient (Wildman–Crippen LogP) is 1.63. The van der Waals surface area contributed by atoms with E-state index in [1.54, 1.807) is 0 Å². The van der Waals surface area contributed by atoms with Crippen molar-refractivity contribution in [3.63, 3.8) is 0 Å². The molecule has 0 aliphatic carbocycles. The maximum absolute atomic E-state index is 12.3. The van der Waals surface area contributed by atoms with Crippen molar-refractivity contribution in [1.29, 1.82) is 0 Å². The van der Waals surface area contributed by atoms with Gasteiger partial charge in [-0.05, 0) is 38.6 Å². The van der Waals surface area contributed by atoms with E-state index in [0.717, 1.165) is 19.5 Å². The van der Waals surface area contributed by atoms with Gasteiger partial charge in [-0.1, -0.05) is 31.2 Å². The number of likely N-dealkylation sites (N-methyl/N-ethyl adjacent to an activating group) is 1. The van der Waals surface area contributed by atoms with Gasteiger partial charge in [-0.15, -0.1) is 0 Å². The summed E-state index contributed by atoms with van der Waals surface area (Å²) in [5, 5.41) is 3.39. The Labute approximate surface area is 121 Å². The summed E-state index contributed by atoms with van der Waals surface area (Å²) in [4.78, 5) is 16.3. The lowest BCUT2D eigenvalue weighted by Crippen LogP contribution is -2.36. The van der Waals surface area contributed by atoms with Crippen LogP contribution < -0.4 is 5.32 Å². The minimum Gasteiger partial charge on any atom is -0.320 e. The highest BCUT2D eigenvalue weighted by Gasteiger charge is 2.36. The number of carbonyl (C=O) groups is 1.